The van der Waals surface area contributed by atoms with E-state index in [-0.39, 0.29) is 11.8 Å². The second kappa shape index (κ2) is 7.81. The molecule has 1 N–H and O–H groups in total. The number of carbonyl (C=O) groups is 1. The smallest absolute Gasteiger partial charge is 0.416 e. The van der Waals surface area contributed by atoms with Gasteiger partial charge in [-0.05, 0) is 43.2 Å². The molecule has 9 heteroatoms. The molecule has 144 valence electrons. The number of aromatic nitrogens is 2. The van der Waals surface area contributed by atoms with E-state index in [0.29, 0.717) is 37.5 Å². The lowest BCUT2D eigenvalue weighted by Crippen LogP contribution is -2.38. The molecule has 27 heavy (non-hydrogen) atoms. The van der Waals surface area contributed by atoms with Crippen LogP contribution in [-0.2, 0) is 11.0 Å². The van der Waals surface area contributed by atoms with Gasteiger partial charge in [0.05, 0.1) is 12.7 Å². The minimum Gasteiger partial charge on any atom is -0.480 e. The largest absolute Gasteiger partial charge is 0.480 e. The van der Waals surface area contributed by atoms with Crippen LogP contribution in [0.4, 0.5) is 24.7 Å². The molecule has 0 unspecified atom stereocenters. The van der Waals surface area contributed by atoms with E-state index in [2.05, 4.69) is 15.5 Å². The molecule has 0 aliphatic carbocycles. The summed E-state index contributed by atoms with van der Waals surface area (Å²) in [6.07, 6.45) is -3.14. The van der Waals surface area contributed by atoms with Crippen LogP contribution in [0.3, 0.4) is 0 Å². The van der Waals surface area contributed by atoms with E-state index >= 15 is 0 Å². The zero-order valence-electron chi connectivity index (χ0n) is 14.7. The van der Waals surface area contributed by atoms with Crippen LogP contribution in [-0.4, -0.2) is 36.3 Å². The molecule has 1 aliphatic rings. The predicted molar refractivity (Wildman–Crippen MR) is 93.6 cm³/mol. The molecule has 0 saturated carbocycles. The summed E-state index contributed by atoms with van der Waals surface area (Å²) in [5.74, 6) is 0.770. The number of nitrogens with zero attached hydrogens (tertiary/aromatic N) is 3. The summed E-state index contributed by atoms with van der Waals surface area (Å²) in [5.41, 5.74) is -0.383. The number of piperidine rings is 1. The number of hydrogen-bond acceptors (Lipinski definition) is 5. The highest BCUT2D eigenvalue weighted by Gasteiger charge is 2.30. The van der Waals surface area contributed by atoms with Gasteiger partial charge < -0.3 is 15.0 Å². The first-order valence-corrected chi connectivity index (χ1v) is 8.47. The van der Waals surface area contributed by atoms with Crippen molar-refractivity contribution in [2.24, 2.45) is 5.92 Å². The van der Waals surface area contributed by atoms with E-state index in [9.17, 15) is 18.0 Å². The summed E-state index contributed by atoms with van der Waals surface area (Å²) in [5, 5.41) is 10.7. The van der Waals surface area contributed by atoms with Crippen molar-refractivity contribution in [3.63, 3.8) is 0 Å². The normalized spacial score (nSPS) is 15.5. The van der Waals surface area contributed by atoms with Gasteiger partial charge in [0.15, 0.2) is 5.82 Å². The van der Waals surface area contributed by atoms with Gasteiger partial charge in [-0.15, -0.1) is 10.2 Å². The molecular weight excluding hydrogens is 361 g/mol. The lowest BCUT2D eigenvalue weighted by molar-refractivity contribution is -0.137. The van der Waals surface area contributed by atoms with Gasteiger partial charge in [-0.25, -0.2) is 0 Å². The number of nitrogens with one attached hydrogen (secondary N) is 1. The topological polar surface area (TPSA) is 67.3 Å². The van der Waals surface area contributed by atoms with E-state index in [0.717, 1.165) is 18.0 Å². The SMILES string of the molecule is COc1ccc(N2CCC(C(=O)Nc3ccc(C(F)(F)F)cc3)CC2)nn1. The Balaban J connectivity index is 1.53. The van der Waals surface area contributed by atoms with Crippen molar-refractivity contribution >= 4 is 17.4 Å². The van der Waals surface area contributed by atoms with Crippen LogP contribution >= 0.6 is 0 Å². The predicted octanol–water partition coefficient (Wildman–Crippen LogP) is 3.36. The van der Waals surface area contributed by atoms with Crippen LogP contribution in [0.1, 0.15) is 18.4 Å². The number of ether oxygens (including phenoxy) is 1. The number of alkyl halides is 3. The lowest BCUT2D eigenvalue weighted by Gasteiger charge is -2.31. The van der Waals surface area contributed by atoms with Gasteiger partial charge in [0, 0.05) is 30.8 Å². The van der Waals surface area contributed by atoms with Crippen molar-refractivity contribution in [3.8, 4) is 5.88 Å². The van der Waals surface area contributed by atoms with Crippen molar-refractivity contribution in [1.82, 2.24) is 10.2 Å². The third-order valence-electron chi connectivity index (χ3n) is 4.50. The van der Waals surface area contributed by atoms with Gasteiger partial charge in [-0.2, -0.15) is 13.2 Å². The number of hydrogen-bond donors (Lipinski definition) is 1. The Bertz CT molecular complexity index is 771. The second-order valence-corrected chi connectivity index (χ2v) is 6.26. The van der Waals surface area contributed by atoms with E-state index in [1.807, 2.05) is 11.0 Å². The molecule has 1 fully saturated rings. The summed E-state index contributed by atoms with van der Waals surface area (Å²) >= 11 is 0. The molecule has 0 atom stereocenters. The lowest BCUT2D eigenvalue weighted by atomic mass is 9.95. The third kappa shape index (κ3) is 4.66. The molecular formula is C18H19F3N4O2. The van der Waals surface area contributed by atoms with Crippen LogP contribution in [0.15, 0.2) is 36.4 Å². The molecule has 0 radical (unpaired) electrons. The van der Waals surface area contributed by atoms with E-state index in [1.54, 1.807) is 6.07 Å². The first-order valence-electron chi connectivity index (χ1n) is 8.47. The van der Waals surface area contributed by atoms with Crippen LogP contribution in [0.2, 0.25) is 0 Å². The van der Waals surface area contributed by atoms with E-state index in [1.165, 1.54) is 19.2 Å². The summed E-state index contributed by atoms with van der Waals surface area (Å²) < 4.78 is 42.7. The molecule has 1 saturated heterocycles. The van der Waals surface area contributed by atoms with E-state index in [4.69, 9.17) is 4.74 Å². The number of anilines is 2. The average molecular weight is 380 g/mol. The first kappa shape index (κ1) is 18.9. The number of halogens is 3. The van der Waals surface area contributed by atoms with Gasteiger partial charge in [-0.3, -0.25) is 4.79 Å². The Morgan fingerprint density at radius 2 is 1.78 bits per heavy atom. The van der Waals surface area contributed by atoms with Crippen LogP contribution in [0, 0.1) is 5.92 Å². The zero-order valence-corrected chi connectivity index (χ0v) is 14.7. The molecule has 0 spiro atoms. The fraction of sp³-hybridized carbons (Fsp3) is 0.389. The molecule has 3 rings (SSSR count). The van der Waals surface area contributed by atoms with Crippen molar-refractivity contribution in [3.05, 3.63) is 42.0 Å². The molecule has 1 aliphatic heterocycles. The number of rotatable bonds is 4. The zero-order chi connectivity index (χ0) is 19.4. The Morgan fingerprint density at radius 1 is 1.11 bits per heavy atom. The maximum Gasteiger partial charge on any atom is 0.416 e. The Labute approximate surface area is 154 Å². The molecule has 1 aromatic carbocycles. The fourth-order valence-corrected chi connectivity index (χ4v) is 2.95. The Morgan fingerprint density at radius 3 is 2.30 bits per heavy atom. The second-order valence-electron chi connectivity index (χ2n) is 6.26. The third-order valence-corrected chi connectivity index (χ3v) is 4.50. The van der Waals surface area contributed by atoms with E-state index < -0.39 is 11.7 Å². The number of benzene rings is 1. The molecule has 2 heterocycles. The minimum atomic E-state index is -4.39. The van der Waals surface area contributed by atoms with Crippen molar-refractivity contribution in [2.45, 2.75) is 19.0 Å². The average Bonchev–Trinajstić information content (AvgIpc) is 2.68. The summed E-state index contributed by atoms with van der Waals surface area (Å²) in [6.45, 7) is 1.29. The van der Waals surface area contributed by atoms with Crippen LogP contribution < -0.4 is 15.0 Å². The molecule has 2 aromatic rings. The number of amides is 1. The number of methoxy groups -OCH3 is 1. The van der Waals surface area contributed by atoms with Gasteiger partial charge in [0.2, 0.25) is 11.8 Å². The molecule has 1 aromatic heterocycles. The number of carbonyl (C=O) groups excluding carboxylic acids is 1. The molecule has 1 amide bonds. The monoisotopic (exact) mass is 380 g/mol. The highest BCUT2D eigenvalue weighted by atomic mass is 19.4. The van der Waals surface area contributed by atoms with Crippen molar-refractivity contribution in [1.29, 1.82) is 0 Å². The summed E-state index contributed by atoms with van der Waals surface area (Å²) in [6, 6.07) is 7.99. The van der Waals surface area contributed by atoms with Crippen LogP contribution in [0.25, 0.3) is 0 Å². The maximum atomic E-state index is 12.6. The summed E-state index contributed by atoms with van der Waals surface area (Å²) in [7, 11) is 1.52. The highest BCUT2D eigenvalue weighted by molar-refractivity contribution is 5.92. The molecule has 6 nitrogen and oxygen atoms in total. The van der Waals surface area contributed by atoms with Gasteiger partial charge in [0.1, 0.15) is 0 Å². The highest BCUT2D eigenvalue weighted by Crippen LogP contribution is 2.30. The fourth-order valence-electron chi connectivity index (χ4n) is 2.95. The Hall–Kier alpha value is -2.84. The quantitative estimate of drug-likeness (QED) is 0.881. The first-order chi connectivity index (χ1) is 12.9. The minimum absolute atomic E-state index is 0.185. The van der Waals surface area contributed by atoms with Crippen LogP contribution in [0.5, 0.6) is 5.88 Å². The van der Waals surface area contributed by atoms with Gasteiger partial charge >= 0.3 is 6.18 Å². The van der Waals surface area contributed by atoms with Crippen molar-refractivity contribution in [2.75, 3.05) is 30.4 Å². The Kier molecular flexibility index (Phi) is 5.48. The van der Waals surface area contributed by atoms with Crippen molar-refractivity contribution < 1.29 is 22.7 Å². The molecule has 0 bridgehead atoms. The summed E-state index contributed by atoms with van der Waals surface area (Å²) in [4.78, 5) is 14.4. The maximum absolute atomic E-state index is 12.6. The van der Waals surface area contributed by atoms with Gasteiger partial charge in [-0.1, -0.05) is 0 Å². The van der Waals surface area contributed by atoms with Gasteiger partial charge in [0.25, 0.3) is 0 Å². The standard InChI is InChI=1S/C18H19F3N4O2/c1-27-16-7-6-15(23-24-16)25-10-8-12(9-11-25)17(26)22-14-4-2-13(3-5-14)18(19,20)21/h2-7,12H,8-11H2,1H3,(H,22,26).